The largest absolute Gasteiger partial charge is 0.460 e. The molecule has 2 aliphatic heterocycles. The van der Waals surface area contributed by atoms with Gasteiger partial charge in [0.05, 0.1) is 12.6 Å². The third kappa shape index (κ3) is 3.93. The number of fused-ring (bicyclic) bond motifs is 1. The van der Waals surface area contributed by atoms with Crippen molar-refractivity contribution >= 4 is 11.9 Å². The Morgan fingerprint density at radius 2 is 1.58 bits per heavy atom. The van der Waals surface area contributed by atoms with Gasteiger partial charge in [0.25, 0.3) is 0 Å². The summed E-state index contributed by atoms with van der Waals surface area (Å²) in [4.78, 5) is 29.1. The summed E-state index contributed by atoms with van der Waals surface area (Å²) in [6, 6.07) is 28.9. The second kappa shape index (κ2) is 8.83. The molecule has 0 spiro atoms. The lowest BCUT2D eigenvalue weighted by molar-refractivity contribution is -0.170. The Morgan fingerprint density at radius 1 is 0.970 bits per heavy atom. The highest BCUT2D eigenvalue weighted by molar-refractivity contribution is 6.00. The summed E-state index contributed by atoms with van der Waals surface area (Å²) in [5.41, 5.74) is 1.85. The van der Waals surface area contributed by atoms with Gasteiger partial charge in [-0.05, 0) is 24.5 Å². The molecule has 168 valence electrons. The first-order valence-corrected chi connectivity index (χ1v) is 11.4. The van der Waals surface area contributed by atoms with E-state index in [4.69, 9.17) is 9.47 Å². The van der Waals surface area contributed by atoms with Crippen molar-refractivity contribution in [3.05, 3.63) is 108 Å². The molecule has 5 rings (SSSR count). The molecule has 2 saturated heterocycles. The number of ether oxygens (including phenoxy) is 2. The number of nitrogens with zero attached hydrogens (tertiary/aromatic N) is 1. The molecule has 5 nitrogen and oxygen atoms in total. The van der Waals surface area contributed by atoms with E-state index in [0.29, 0.717) is 13.0 Å². The highest BCUT2D eigenvalue weighted by Crippen LogP contribution is 2.47. The Morgan fingerprint density at radius 3 is 2.24 bits per heavy atom. The summed E-state index contributed by atoms with van der Waals surface area (Å²) < 4.78 is 11.9. The zero-order chi connectivity index (χ0) is 22.8. The molecule has 3 aromatic rings. The molecule has 1 amide bonds. The molecule has 4 atom stereocenters. The van der Waals surface area contributed by atoms with Crippen molar-refractivity contribution in [3.8, 4) is 0 Å². The van der Waals surface area contributed by atoms with Gasteiger partial charge in [0.1, 0.15) is 12.5 Å². The number of hydrogen-bond acceptors (Lipinski definition) is 4. The van der Waals surface area contributed by atoms with Crippen LogP contribution in [0.5, 0.6) is 0 Å². The maximum Gasteiger partial charge on any atom is 0.319 e. The Labute approximate surface area is 193 Å². The van der Waals surface area contributed by atoms with Gasteiger partial charge in [-0.25, -0.2) is 0 Å². The van der Waals surface area contributed by atoms with E-state index in [1.165, 1.54) is 0 Å². The molecule has 0 N–H and O–H groups in total. The number of hydrogen-bond donors (Lipinski definition) is 0. The molecule has 0 unspecified atom stereocenters. The second-order valence-corrected chi connectivity index (χ2v) is 8.85. The Kier molecular flexibility index (Phi) is 5.73. The normalized spacial score (nSPS) is 26.6. The SMILES string of the molecule is C[C@@]1(c2ccccc2)OC[C@@H]2C[C@@H](c3ccccc3)[C@H](C(=O)OCc3ccccc3)C(=O)N21. The monoisotopic (exact) mass is 441 g/mol. The van der Waals surface area contributed by atoms with Crippen molar-refractivity contribution in [2.45, 2.75) is 37.6 Å². The molecule has 0 saturated carbocycles. The number of carbonyl (C=O) groups excluding carboxylic acids is 2. The van der Waals surface area contributed by atoms with Crippen molar-refractivity contribution in [1.82, 2.24) is 4.90 Å². The van der Waals surface area contributed by atoms with E-state index >= 15 is 0 Å². The fourth-order valence-corrected chi connectivity index (χ4v) is 5.15. The van der Waals surface area contributed by atoms with E-state index < -0.39 is 17.6 Å². The zero-order valence-corrected chi connectivity index (χ0v) is 18.6. The minimum absolute atomic E-state index is 0.105. The first-order valence-electron chi connectivity index (χ1n) is 11.4. The van der Waals surface area contributed by atoms with Crippen LogP contribution in [0.1, 0.15) is 36.0 Å². The van der Waals surface area contributed by atoms with Crippen LogP contribution in [0.2, 0.25) is 0 Å². The Hall–Kier alpha value is -3.44. The van der Waals surface area contributed by atoms with Gasteiger partial charge < -0.3 is 14.4 Å². The minimum atomic E-state index is -0.919. The van der Waals surface area contributed by atoms with Crippen LogP contribution in [0.3, 0.4) is 0 Å². The summed E-state index contributed by atoms with van der Waals surface area (Å²) in [5.74, 6) is -1.90. The zero-order valence-electron chi connectivity index (χ0n) is 18.6. The smallest absolute Gasteiger partial charge is 0.319 e. The van der Waals surface area contributed by atoms with Crippen LogP contribution in [0, 0.1) is 5.92 Å². The summed E-state index contributed by atoms with van der Waals surface area (Å²) in [6.45, 7) is 2.49. The summed E-state index contributed by atoms with van der Waals surface area (Å²) in [6.07, 6.45) is 0.642. The van der Waals surface area contributed by atoms with Gasteiger partial charge in [0.15, 0.2) is 5.72 Å². The van der Waals surface area contributed by atoms with Crippen LogP contribution in [-0.2, 0) is 31.4 Å². The third-order valence-electron chi connectivity index (χ3n) is 6.83. The van der Waals surface area contributed by atoms with Crippen LogP contribution < -0.4 is 0 Å². The molecule has 33 heavy (non-hydrogen) atoms. The van der Waals surface area contributed by atoms with E-state index in [1.807, 2.05) is 97.9 Å². The molecule has 0 bridgehead atoms. The molecular weight excluding hydrogens is 414 g/mol. The lowest BCUT2D eigenvalue weighted by Crippen LogP contribution is -2.56. The van der Waals surface area contributed by atoms with Crippen LogP contribution in [0.25, 0.3) is 0 Å². The first kappa shape index (κ1) is 21.4. The number of carbonyl (C=O) groups is 2. The van der Waals surface area contributed by atoms with Crippen molar-refractivity contribution in [1.29, 1.82) is 0 Å². The number of benzene rings is 3. The lowest BCUT2D eigenvalue weighted by Gasteiger charge is -2.44. The number of piperidine rings is 1. The molecule has 2 fully saturated rings. The van der Waals surface area contributed by atoms with Gasteiger partial charge in [0.2, 0.25) is 5.91 Å². The van der Waals surface area contributed by atoms with E-state index in [0.717, 1.165) is 16.7 Å². The van der Waals surface area contributed by atoms with Crippen molar-refractivity contribution < 1.29 is 19.1 Å². The minimum Gasteiger partial charge on any atom is -0.460 e. The maximum absolute atomic E-state index is 14.0. The predicted octanol–water partition coefficient (Wildman–Crippen LogP) is 4.63. The highest BCUT2D eigenvalue weighted by atomic mass is 16.5. The molecule has 0 radical (unpaired) electrons. The van der Waals surface area contributed by atoms with E-state index in [2.05, 4.69) is 0 Å². The Balaban J connectivity index is 1.47. The summed E-state index contributed by atoms with van der Waals surface area (Å²) in [5, 5.41) is 0. The number of esters is 1. The van der Waals surface area contributed by atoms with Crippen LogP contribution in [0.4, 0.5) is 0 Å². The van der Waals surface area contributed by atoms with Crippen LogP contribution in [-0.4, -0.2) is 29.4 Å². The Bertz CT molecular complexity index is 1120. The molecule has 0 aromatic heterocycles. The fraction of sp³-hybridized carbons (Fsp3) is 0.286. The van der Waals surface area contributed by atoms with Gasteiger partial charge in [-0.1, -0.05) is 91.0 Å². The molecule has 2 heterocycles. The second-order valence-electron chi connectivity index (χ2n) is 8.85. The molecular formula is C28H27NO4. The van der Waals surface area contributed by atoms with Crippen molar-refractivity contribution in [2.75, 3.05) is 6.61 Å². The highest BCUT2D eigenvalue weighted by Gasteiger charge is 2.56. The third-order valence-corrected chi connectivity index (χ3v) is 6.83. The van der Waals surface area contributed by atoms with Crippen LogP contribution >= 0.6 is 0 Å². The summed E-state index contributed by atoms with van der Waals surface area (Å²) in [7, 11) is 0. The van der Waals surface area contributed by atoms with Gasteiger partial charge in [-0.3, -0.25) is 9.59 Å². The quantitative estimate of drug-likeness (QED) is 0.428. The van der Waals surface area contributed by atoms with Crippen molar-refractivity contribution in [2.24, 2.45) is 5.92 Å². The van der Waals surface area contributed by atoms with E-state index in [1.54, 1.807) is 4.90 Å². The van der Waals surface area contributed by atoms with E-state index in [-0.39, 0.29) is 24.5 Å². The number of rotatable bonds is 5. The average Bonchev–Trinajstić information content (AvgIpc) is 3.22. The predicted molar refractivity (Wildman–Crippen MR) is 124 cm³/mol. The van der Waals surface area contributed by atoms with Crippen LogP contribution in [0.15, 0.2) is 91.0 Å². The molecule has 2 aliphatic rings. The van der Waals surface area contributed by atoms with Gasteiger partial charge in [-0.2, -0.15) is 0 Å². The maximum atomic E-state index is 14.0. The average molecular weight is 442 g/mol. The number of amides is 1. The topological polar surface area (TPSA) is 55.8 Å². The van der Waals surface area contributed by atoms with Gasteiger partial charge in [0, 0.05) is 11.5 Å². The fourth-order valence-electron chi connectivity index (χ4n) is 5.15. The lowest BCUT2D eigenvalue weighted by atomic mass is 9.76. The van der Waals surface area contributed by atoms with Crippen molar-refractivity contribution in [3.63, 3.8) is 0 Å². The molecule has 5 heteroatoms. The molecule has 0 aliphatic carbocycles. The first-order chi connectivity index (χ1) is 16.1. The summed E-state index contributed by atoms with van der Waals surface area (Å²) >= 11 is 0. The van der Waals surface area contributed by atoms with Gasteiger partial charge >= 0.3 is 5.97 Å². The standard InChI is InChI=1S/C28H27NO4/c1-28(22-15-9-4-10-16-22)29-23(19-33-28)17-24(21-13-7-3-8-14-21)25(26(29)30)27(31)32-18-20-11-5-2-6-12-20/h2-16,23-25H,17-19H2,1H3/t23-,24-,25-,28-/m0/s1. The van der Waals surface area contributed by atoms with E-state index in [9.17, 15) is 9.59 Å². The molecule has 3 aromatic carbocycles. The van der Waals surface area contributed by atoms with Gasteiger partial charge in [-0.15, -0.1) is 0 Å².